The molecule has 2 aromatic carbocycles. The summed E-state index contributed by atoms with van der Waals surface area (Å²) >= 11 is 0. The van der Waals surface area contributed by atoms with Gasteiger partial charge in [-0.05, 0) is 42.5 Å². The number of hydrogen-bond donors (Lipinski definition) is 1. The zero-order chi connectivity index (χ0) is 16.7. The zero-order valence-corrected chi connectivity index (χ0v) is 14.2. The van der Waals surface area contributed by atoms with Gasteiger partial charge in [-0.15, -0.1) is 0 Å². The third-order valence-corrected chi connectivity index (χ3v) is 5.06. The number of benzene rings is 2. The van der Waals surface area contributed by atoms with E-state index in [0.29, 0.717) is 0 Å². The summed E-state index contributed by atoms with van der Waals surface area (Å²) in [5.41, 5.74) is 7.80. The Morgan fingerprint density at radius 2 is 1.71 bits per heavy atom. The van der Waals surface area contributed by atoms with E-state index >= 15 is 0 Å². The van der Waals surface area contributed by atoms with Crippen LogP contribution in [0.1, 0.15) is 46.3 Å². The molecular weight excluding hydrogens is 294 g/mol. The molecule has 0 aromatic heterocycles. The standard InChI is InChI=1S/C22H23NO/c1-15-11-16(2)13-18(12-15)17-7-8-21-19-5-3-4-6-20(19)22(9-10-24)23(21)14-17/h3-8,11-14,21-22,24H,9-10H2,1-2H3/t21?,22-/m1/s1. The van der Waals surface area contributed by atoms with Crippen LogP contribution in [-0.2, 0) is 0 Å². The minimum Gasteiger partial charge on any atom is -0.396 e. The fraction of sp³-hybridized carbons (Fsp3) is 0.273. The highest BCUT2D eigenvalue weighted by Crippen LogP contribution is 2.47. The van der Waals surface area contributed by atoms with Gasteiger partial charge in [0, 0.05) is 12.8 Å². The van der Waals surface area contributed by atoms with Gasteiger partial charge in [0.05, 0.1) is 12.1 Å². The van der Waals surface area contributed by atoms with Gasteiger partial charge in [0.25, 0.3) is 0 Å². The molecule has 2 aliphatic rings. The highest BCUT2D eigenvalue weighted by molar-refractivity contribution is 5.76. The molecule has 122 valence electrons. The average Bonchev–Trinajstić information content (AvgIpc) is 2.88. The number of hydrogen-bond acceptors (Lipinski definition) is 2. The van der Waals surface area contributed by atoms with Gasteiger partial charge in [-0.1, -0.05) is 65.7 Å². The first-order valence-electron chi connectivity index (χ1n) is 8.63. The maximum Gasteiger partial charge on any atom is 0.0734 e. The van der Waals surface area contributed by atoms with Crippen molar-refractivity contribution in [2.24, 2.45) is 0 Å². The Hall–Kier alpha value is -2.32. The molecule has 0 saturated carbocycles. The van der Waals surface area contributed by atoms with Crippen LogP contribution in [0, 0.1) is 13.8 Å². The lowest BCUT2D eigenvalue weighted by molar-refractivity contribution is 0.203. The van der Waals surface area contributed by atoms with Crippen molar-refractivity contribution in [2.75, 3.05) is 6.61 Å². The largest absolute Gasteiger partial charge is 0.396 e. The van der Waals surface area contributed by atoms with Crippen LogP contribution in [-0.4, -0.2) is 16.6 Å². The number of allylic oxidation sites excluding steroid dienone is 2. The number of fused-ring (bicyclic) bond motifs is 3. The van der Waals surface area contributed by atoms with Crippen LogP contribution in [0.15, 0.2) is 60.8 Å². The second-order valence-corrected chi connectivity index (χ2v) is 6.87. The van der Waals surface area contributed by atoms with Gasteiger partial charge in [0.15, 0.2) is 0 Å². The lowest BCUT2D eigenvalue weighted by atomic mass is 9.97. The molecule has 2 aliphatic heterocycles. The Kier molecular flexibility index (Phi) is 3.78. The first-order valence-corrected chi connectivity index (χ1v) is 8.63. The van der Waals surface area contributed by atoms with Crippen molar-refractivity contribution in [3.63, 3.8) is 0 Å². The van der Waals surface area contributed by atoms with Crippen LogP contribution >= 0.6 is 0 Å². The first-order chi connectivity index (χ1) is 11.7. The second kappa shape index (κ2) is 5.95. The van der Waals surface area contributed by atoms with E-state index in [0.717, 1.165) is 6.42 Å². The van der Waals surface area contributed by atoms with E-state index in [-0.39, 0.29) is 18.7 Å². The lowest BCUT2D eigenvalue weighted by Crippen LogP contribution is -2.22. The summed E-state index contributed by atoms with van der Waals surface area (Å²) < 4.78 is 0. The maximum absolute atomic E-state index is 9.53. The molecule has 2 heterocycles. The molecule has 0 bridgehead atoms. The molecule has 0 aliphatic carbocycles. The maximum atomic E-state index is 9.53. The van der Waals surface area contributed by atoms with Crippen LogP contribution in [0.3, 0.4) is 0 Å². The highest BCUT2D eigenvalue weighted by atomic mass is 16.3. The zero-order valence-electron chi connectivity index (χ0n) is 14.2. The molecule has 1 N–H and O–H groups in total. The van der Waals surface area contributed by atoms with E-state index in [1.54, 1.807) is 0 Å². The van der Waals surface area contributed by atoms with Crippen molar-refractivity contribution >= 4 is 5.57 Å². The summed E-state index contributed by atoms with van der Waals surface area (Å²) in [6, 6.07) is 15.8. The van der Waals surface area contributed by atoms with Gasteiger partial charge in [-0.25, -0.2) is 0 Å². The van der Waals surface area contributed by atoms with Crippen molar-refractivity contribution in [3.05, 3.63) is 88.6 Å². The van der Waals surface area contributed by atoms with E-state index in [4.69, 9.17) is 0 Å². The highest BCUT2D eigenvalue weighted by Gasteiger charge is 2.36. The van der Waals surface area contributed by atoms with Gasteiger partial charge in [-0.3, -0.25) is 0 Å². The van der Waals surface area contributed by atoms with Gasteiger partial charge in [-0.2, -0.15) is 0 Å². The quantitative estimate of drug-likeness (QED) is 0.887. The summed E-state index contributed by atoms with van der Waals surface area (Å²) in [6.45, 7) is 4.50. The molecular formula is C22H23NO. The molecule has 0 spiro atoms. The second-order valence-electron chi connectivity index (χ2n) is 6.87. The van der Waals surface area contributed by atoms with Gasteiger partial charge in [0.1, 0.15) is 0 Å². The molecule has 2 heteroatoms. The molecule has 1 unspecified atom stereocenters. The molecule has 2 atom stereocenters. The summed E-state index contributed by atoms with van der Waals surface area (Å²) in [4.78, 5) is 2.41. The van der Waals surface area contributed by atoms with E-state index < -0.39 is 0 Å². The van der Waals surface area contributed by atoms with Crippen molar-refractivity contribution in [1.29, 1.82) is 0 Å². The summed E-state index contributed by atoms with van der Waals surface area (Å²) in [7, 11) is 0. The van der Waals surface area contributed by atoms with Crippen molar-refractivity contribution in [3.8, 4) is 0 Å². The predicted octanol–water partition coefficient (Wildman–Crippen LogP) is 4.69. The minimum absolute atomic E-state index is 0.207. The average molecular weight is 317 g/mol. The monoisotopic (exact) mass is 317 g/mol. The molecule has 0 amide bonds. The SMILES string of the molecule is Cc1cc(C)cc(C2=CN3C(C=C2)c2ccccc2[C@H]3CCO)c1. The van der Waals surface area contributed by atoms with Crippen molar-refractivity contribution in [1.82, 2.24) is 4.90 Å². The molecule has 0 saturated heterocycles. The van der Waals surface area contributed by atoms with Crippen LogP contribution < -0.4 is 0 Å². The lowest BCUT2D eigenvalue weighted by Gasteiger charge is -2.31. The summed E-state index contributed by atoms with van der Waals surface area (Å²) in [6.07, 6.45) is 7.58. The van der Waals surface area contributed by atoms with Gasteiger partial charge < -0.3 is 10.0 Å². The Labute approximate surface area is 143 Å². The van der Waals surface area contributed by atoms with Gasteiger partial charge in [0.2, 0.25) is 0 Å². The van der Waals surface area contributed by atoms with Crippen LogP contribution in [0.25, 0.3) is 5.57 Å². The number of rotatable bonds is 3. The summed E-state index contributed by atoms with van der Waals surface area (Å²) in [5, 5.41) is 9.53. The smallest absolute Gasteiger partial charge is 0.0734 e. The Balaban J connectivity index is 1.76. The first kappa shape index (κ1) is 15.2. The molecule has 24 heavy (non-hydrogen) atoms. The van der Waals surface area contributed by atoms with E-state index in [9.17, 15) is 5.11 Å². The Morgan fingerprint density at radius 1 is 1.00 bits per heavy atom. The molecule has 2 nitrogen and oxygen atoms in total. The third-order valence-electron chi connectivity index (χ3n) is 5.06. The van der Waals surface area contributed by atoms with Crippen LogP contribution in [0.5, 0.6) is 0 Å². The predicted molar refractivity (Wildman–Crippen MR) is 98.5 cm³/mol. The Bertz CT molecular complexity index is 813. The Morgan fingerprint density at radius 3 is 2.42 bits per heavy atom. The fourth-order valence-electron chi connectivity index (χ4n) is 4.11. The number of nitrogens with zero attached hydrogens (tertiary/aromatic N) is 1. The minimum atomic E-state index is 0.207. The van der Waals surface area contributed by atoms with E-state index in [2.05, 4.69) is 79.6 Å². The normalized spacial score (nSPS) is 21.5. The molecule has 4 rings (SSSR count). The third kappa shape index (κ3) is 2.47. The van der Waals surface area contributed by atoms with Crippen molar-refractivity contribution < 1.29 is 5.11 Å². The topological polar surface area (TPSA) is 23.5 Å². The molecule has 0 radical (unpaired) electrons. The van der Waals surface area contributed by atoms with Gasteiger partial charge >= 0.3 is 0 Å². The van der Waals surface area contributed by atoms with Crippen LogP contribution in [0.4, 0.5) is 0 Å². The fourth-order valence-corrected chi connectivity index (χ4v) is 4.11. The summed E-state index contributed by atoms with van der Waals surface area (Å²) in [5.74, 6) is 0. The molecule has 2 aromatic rings. The number of aliphatic hydroxyl groups excluding tert-OH is 1. The number of aryl methyl sites for hydroxylation is 2. The van der Waals surface area contributed by atoms with Crippen molar-refractivity contribution in [2.45, 2.75) is 32.4 Å². The molecule has 0 fully saturated rings. The number of aliphatic hydroxyl groups is 1. The van der Waals surface area contributed by atoms with E-state index in [1.165, 1.54) is 33.4 Å². The van der Waals surface area contributed by atoms with E-state index in [1.807, 2.05) is 0 Å². The van der Waals surface area contributed by atoms with Crippen LogP contribution in [0.2, 0.25) is 0 Å².